The average molecular weight is 367 g/mol. The number of hydrogen-bond acceptors (Lipinski definition) is 3. The van der Waals surface area contributed by atoms with Crippen LogP contribution in [-0.2, 0) is 9.53 Å². The Kier molecular flexibility index (Phi) is 5.37. The van der Waals surface area contributed by atoms with Crippen LogP contribution < -0.4 is 10.2 Å². The lowest BCUT2D eigenvalue weighted by Crippen LogP contribution is -2.36. The number of hydrogen-bond donors (Lipinski definition) is 1. The monoisotopic (exact) mass is 366 g/mol. The van der Waals surface area contributed by atoms with Gasteiger partial charge in [-0.3, -0.25) is 4.79 Å². The second-order valence-corrected chi connectivity index (χ2v) is 6.94. The molecule has 0 spiro atoms. The van der Waals surface area contributed by atoms with Gasteiger partial charge in [0.15, 0.2) is 0 Å². The van der Waals surface area contributed by atoms with Gasteiger partial charge in [-0.05, 0) is 47.0 Å². The van der Waals surface area contributed by atoms with Crippen molar-refractivity contribution < 1.29 is 9.53 Å². The molecule has 3 rings (SSSR count). The van der Waals surface area contributed by atoms with Crippen LogP contribution in [0.5, 0.6) is 0 Å². The summed E-state index contributed by atoms with van der Waals surface area (Å²) in [5, 5.41) is 3.07. The highest BCUT2D eigenvalue weighted by molar-refractivity contribution is 9.10. The molecule has 22 heavy (non-hydrogen) atoms. The van der Waals surface area contributed by atoms with Gasteiger partial charge in [0.2, 0.25) is 5.91 Å². The molecule has 1 aliphatic carbocycles. The van der Waals surface area contributed by atoms with Crippen molar-refractivity contribution in [2.24, 2.45) is 5.92 Å². The fourth-order valence-corrected chi connectivity index (χ4v) is 3.88. The van der Waals surface area contributed by atoms with Gasteiger partial charge in [0.1, 0.15) is 0 Å². The Balaban J connectivity index is 1.64. The second kappa shape index (κ2) is 7.47. The van der Waals surface area contributed by atoms with E-state index in [1.165, 1.54) is 24.9 Å². The first-order valence-corrected chi connectivity index (χ1v) is 8.96. The van der Waals surface area contributed by atoms with E-state index >= 15 is 0 Å². The zero-order valence-corrected chi connectivity index (χ0v) is 14.4. The molecule has 0 bridgehead atoms. The molecule has 1 amide bonds. The molecule has 1 saturated heterocycles. The van der Waals surface area contributed by atoms with Crippen LogP contribution in [0.3, 0.4) is 0 Å². The van der Waals surface area contributed by atoms with Gasteiger partial charge in [-0.1, -0.05) is 19.3 Å². The van der Waals surface area contributed by atoms with Crippen LogP contribution in [0.1, 0.15) is 32.1 Å². The van der Waals surface area contributed by atoms with Crippen LogP contribution in [0.15, 0.2) is 22.7 Å². The highest BCUT2D eigenvalue weighted by atomic mass is 79.9. The minimum absolute atomic E-state index is 0.172. The fraction of sp³-hybridized carbons (Fsp3) is 0.588. The van der Waals surface area contributed by atoms with Gasteiger partial charge >= 0.3 is 0 Å². The number of rotatable bonds is 3. The Labute approximate surface area is 140 Å². The summed E-state index contributed by atoms with van der Waals surface area (Å²) in [6, 6.07) is 6.08. The van der Waals surface area contributed by atoms with Crippen LogP contribution in [0.4, 0.5) is 11.4 Å². The minimum atomic E-state index is 0.172. The van der Waals surface area contributed by atoms with Gasteiger partial charge in [-0.15, -0.1) is 0 Å². The van der Waals surface area contributed by atoms with Crippen molar-refractivity contribution in [1.29, 1.82) is 0 Å². The summed E-state index contributed by atoms with van der Waals surface area (Å²) in [7, 11) is 0. The number of nitrogens with one attached hydrogen (secondary N) is 1. The van der Waals surface area contributed by atoms with Gasteiger partial charge in [-0.2, -0.15) is 0 Å². The largest absolute Gasteiger partial charge is 0.378 e. The van der Waals surface area contributed by atoms with E-state index in [1.54, 1.807) is 0 Å². The molecule has 1 aliphatic heterocycles. The van der Waals surface area contributed by atoms with E-state index in [4.69, 9.17) is 4.74 Å². The third kappa shape index (κ3) is 3.82. The molecule has 2 fully saturated rings. The molecular weight excluding hydrogens is 344 g/mol. The lowest BCUT2D eigenvalue weighted by molar-refractivity contribution is -0.120. The van der Waals surface area contributed by atoms with Crippen molar-refractivity contribution in [3.05, 3.63) is 22.7 Å². The molecule has 120 valence electrons. The molecular formula is C17H23BrN2O2. The van der Waals surface area contributed by atoms with Crippen molar-refractivity contribution >= 4 is 33.2 Å². The van der Waals surface area contributed by atoms with Gasteiger partial charge < -0.3 is 15.0 Å². The van der Waals surface area contributed by atoms with Gasteiger partial charge in [-0.25, -0.2) is 0 Å². The highest BCUT2D eigenvalue weighted by Gasteiger charge is 2.21. The lowest BCUT2D eigenvalue weighted by atomic mass is 9.88. The number of morpholine rings is 1. The molecule has 0 radical (unpaired) electrons. The first-order valence-electron chi connectivity index (χ1n) is 8.17. The highest BCUT2D eigenvalue weighted by Crippen LogP contribution is 2.31. The SMILES string of the molecule is O=C(Nc1ccc(N2CCOCC2)c(Br)c1)C1CCCCC1. The van der Waals surface area contributed by atoms with E-state index in [0.29, 0.717) is 0 Å². The van der Waals surface area contributed by atoms with E-state index in [9.17, 15) is 4.79 Å². The number of carbonyl (C=O) groups is 1. The molecule has 0 aromatic heterocycles. The van der Waals surface area contributed by atoms with E-state index in [0.717, 1.165) is 49.3 Å². The number of carbonyl (C=O) groups excluding carboxylic acids is 1. The number of anilines is 2. The molecule has 1 aromatic carbocycles. The Hall–Kier alpha value is -1.07. The predicted octanol–water partition coefficient (Wildman–Crippen LogP) is 3.80. The molecule has 5 heteroatoms. The Morgan fingerprint density at radius 2 is 1.91 bits per heavy atom. The summed E-state index contributed by atoms with van der Waals surface area (Å²) < 4.78 is 6.41. The number of nitrogens with zero attached hydrogens (tertiary/aromatic N) is 1. The molecule has 1 N–H and O–H groups in total. The van der Waals surface area contributed by atoms with Gasteiger partial charge in [0.25, 0.3) is 0 Å². The number of benzene rings is 1. The van der Waals surface area contributed by atoms with Crippen molar-refractivity contribution in [2.45, 2.75) is 32.1 Å². The zero-order valence-electron chi connectivity index (χ0n) is 12.8. The lowest BCUT2D eigenvalue weighted by Gasteiger charge is -2.30. The summed E-state index contributed by atoms with van der Waals surface area (Å²) in [5.74, 6) is 0.358. The molecule has 2 aliphatic rings. The zero-order chi connectivity index (χ0) is 15.4. The van der Waals surface area contributed by atoms with Crippen LogP contribution >= 0.6 is 15.9 Å². The van der Waals surface area contributed by atoms with Crippen LogP contribution in [0, 0.1) is 5.92 Å². The predicted molar refractivity (Wildman–Crippen MR) is 92.4 cm³/mol. The summed E-state index contributed by atoms with van der Waals surface area (Å²) in [6.45, 7) is 3.36. The third-order valence-corrected chi connectivity index (χ3v) is 5.18. The third-order valence-electron chi connectivity index (χ3n) is 4.54. The Morgan fingerprint density at radius 1 is 1.18 bits per heavy atom. The molecule has 1 aromatic rings. The normalized spacial score (nSPS) is 20.0. The fourth-order valence-electron chi connectivity index (χ4n) is 3.25. The molecule has 1 heterocycles. The van der Waals surface area contributed by atoms with Crippen LogP contribution in [0.2, 0.25) is 0 Å². The van der Waals surface area contributed by atoms with Gasteiger partial charge in [0.05, 0.1) is 18.9 Å². The van der Waals surface area contributed by atoms with Crippen molar-refractivity contribution in [2.75, 3.05) is 36.5 Å². The summed E-state index contributed by atoms with van der Waals surface area (Å²) >= 11 is 3.63. The van der Waals surface area contributed by atoms with Crippen molar-refractivity contribution in [3.63, 3.8) is 0 Å². The smallest absolute Gasteiger partial charge is 0.227 e. The number of ether oxygens (including phenoxy) is 1. The standard InChI is InChI=1S/C17H23BrN2O2/c18-15-12-14(19-17(21)13-4-2-1-3-5-13)6-7-16(15)20-8-10-22-11-9-20/h6-7,12-13H,1-5,8-11H2,(H,19,21). The van der Waals surface area contributed by atoms with Crippen molar-refractivity contribution in [1.82, 2.24) is 0 Å². The molecule has 1 saturated carbocycles. The van der Waals surface area contributed by atoms with E-state index in [1.807, 2.05) is 12.1 Å². The van der Waals surface area contributed by atoms with E-state index in [2.05, 4.69) is 32.2 Å². The Morgan fingerprint density at radius 3 is 2.59 bits per heavy atom. The van der Waals surface area contributed by atoms with Gasteiger partial charge in [0, 0.05) is 29.2 Å². The quantitative estimate of drug-likeness (QED) is 0.884. The van der Waals surface area contributed by atoms with Crippen molar-refractivity contribution in [3.8, 4) is 0 Å². The van der Waals surface area contributed by atoms with E-state index < -0.39 is 0 Å². The first kappa shape index (κ1) is 15.8. The maximum Gasteiger partial charge on any atom is 0.227 e. The minimum Gasteiger partial charge on any atom is -0.378 e. The molecule has 4 nitrogen and oxygen atoms in total. The van der Waals surface area contributed by atoms with E-state index in [-0.39, 0.29) is 11.8 Å². The van der Waals surface area contributed by atoms with Crippen LogP contribution in [-0.4, -0.2) is 32.2 Å². The number of halogens is 1. The van der Waals surface area contributed by atoms with Crippen LogP contribution in [0.25, 0.3) is 0 Å². The second-order valence-electron chi connectivity index (χ2n) is 6.09. The maximum absolute atomic E-state index is 12.3. The summed E-state index contributed by atoms with van der Waals surface area (Å²) in [5.41, 5.74) is 2.04. The first-order chi connectivity index (χ1) is 10.7. The maximum atomic E-state index is 12.3. The average Bonchev–Trinajstić information content (AvgIpc) is 2.56. The Bertz CT molecular complexity index is 523. The summed E-state index contributed by atoms with van der Waals surface area (Å²) in [4.78, 5) is 14.6. The molecule has 0 atom stereocenters. The summed E-state index contributed by atoms with van der Waals surface area (Å²) in [6.07, 6.45) is 5.68. The number of amides is 1. The topological polar surface area (TPSA) is 41.6 Å². The molecule has 0 unspecified atom stereocenters.